The standard InChI is InChI=1S/C14H24N4O/c1-4-18-13(8-10(2)16-18)14(19)17-7-5-6-12(9-17)11(3)15/h8,11-12H,4-7,9,15H2,1-3H3. The van der Waals surface area contributed by atoms with Gasteiger partial charge in [0.05, 0.1) is 5.69 Å². The molecule has 1 fully saturated rings. The fraction of sp³-hybridized carbons (Fsp3) is 0.714. The maximum atomic E-state index is 12.6. The molecule has 2 rings (SSSR count). The zero-order chi connectivity index (χ0) is 14.0. The lowest BCUT2D eigenvalue weighted by molar-refractivity contribution is 0.0648. The molecule has 1 aliphatic heterocycles. The Labute approximate surface area is 114 Å². The molecule has 5 heteroatoms. The Bertz CT molecular complexity index is 452. The van der Waals surface area contributed by atoms with Gasteiger partial charge in [0.2, 0.25) is 0 Å². The largest absolute Gasteiger partial charge is 0.337 e. The minimum absolute atomic E-state index is 0.0906. The van der Waals surface area contributed by atoms with Gasteiger partial charge in [-0.15, -0.1) is 0 Å². The van der Waals surface area contributed by atoms with E-state index in [9.17, 15) is 4.79 Å². The number of rotatable bonds is 3. The molecule has 2 N–H and O–H groups in total. The molecule has 19 heavy (non-hydrogen) atoms. The summed E-state index contributed by atoms with van der Waals surface area (Å²) in [5.74, 6) is 0.504. The second-order valence-corrected chi connectivity index (χ2v) is 5.50. The molecule has 2 heterocycles. The first-order valence-electron chi connectivity index (χ1n) is 7.12. The first-order valence-corrected chi connectivity index (χ1v) is 7.12. The number of hydrogen-bond donors (Lipinski definition) is 1. The number of amides is 1. The van der Waals surface area contributed by atoms with Crippen molar-refractivity contribution in [2.75, 3.05) is 13.1 Å². The number of carbonyl (C=O) groups is 1. The fourth-order valence-corrected chi connectivity index (χ4v) is 2.74. The quantitative estimate of drug-likeness (QED) is 0.897. The van der Waals surface area contributed by atoms with E-state index in [4.69, 9.17) is 5.73 Å². The molecule has 106 valence electrons. The number of carbonyl (C=O) groups excluding carboxylic acids is 1. The summed E-state index contributed by atoms with van der Waals surface area (Å²) >= 11 is 0. The highest BCUT2D eigenvalue weighted by Crippen LogP contribution is 2.20. The second kappa shape index (κ2) is 5.74. The molecule has 0 spiro atoms. The average Bonchev–Trinajstić information content (AvgIpc) is 2.79. The van der Waals surface area contributed by atoms with Gasteiger partial charge in [-0.1, -0.05) is 0 Å². The van der Waals surface area contributed by atoms with Crippen LogP contribution in [0.4, 0.5) is 0 Å². The molecule has 0 saturated carbocycles. The Kier molecular flexibility index (Phi) is 4.24. The van der Waals surface area contributed by atoms with E-state index in [0.29, 0.717) is 11.6 Å². The molecule has 2 unspecified atom stereocenters. The van der Waals surface area contributed by atoms with E-state index < -0.39 is 0 Å². The number of nitrogens with two attached hydrogens (primary N) is 1. The van der Waals surface area contributed by atoms with Crippen molar-refractivity contribution >= 4 is 5.91 Å². The summed E-state index contributed by atoms with van der Waals surface area (Å²) < 4.78 is 1.78. The van der Waals surface area contributed by atoms with Crippen LogP contribution in [-0.4, -0.2) is 39.7 Å². The van der Waals surface area contributed by atoms with Crippen LogP contribution in [0.1, 0.15) is 42.9 Å². The number of aromatic nitrogens is 2. The molecular formula is C14H24N4O. The minimum atomic E-state index is 0.0906. The van der Waals surface area contributed by atoms with Gasteiger partial charge < -0.3 is 10.6 Å². The molecular weight excluding hydrogens is 240 g/mol. The van der Waals surface area contributed by atoms with Crippen molar-refractivity contribution in [1.29, 1.82) is 0 Å². The number of likely N-dealkylation sites (tertiary alicyclic amines) is 1. The maximum Gasteiger partial charge on any atom is 0.272 e. The predicted molar refractivity (Wildman–Crippen MR) is 74.9 cm³/mol. The molecule has 1 aromatic rings. The van der Waals surface area contributed by atoms with Gasteiger partial charge in [0.25, 0.3) is 5.91 Å². The Hall–Kier alpha value is -1.36. The summed E-state index contributed by atoms with van der Waals surface area (Å²) in [6, 6.07) is 2.02. The Morgan fingerprint density at radius 3 is 3.00 bits per heavy atom. The van der Waals surface area contributed by atoms with E-state index in [1.54, 1.807) is 4.68 Å². The van der Waals surface area contributed by atoms with Gasteiger partial charge in [0.1, 0.15) is 5.69 Å². The SMILES string of the molecule is CCn1nc(C)cc1C(=O)N1CCCC(C(C)N)C1. The van der Waals surface area contributed by atoms with Gasteiger partial charge in [0.15, 0.2) is 0 Å². The predicted octanol–water partition coefficient (Wildman–Crippen LogP) is 1.41. The Balaban J connectivity index is 2.14. The summed E-state index contributed by atoms with van der Waals surface area (Å²) in [6.07, 6.45) is 2.16. The van der Waals surface area contributed by atoms with E-state index in [1.807, 2.05) is 31.7 Å². The molecule has 1 aromatic heterocycles. The van der Waals surface area contributed by atoms with E-state index in [1.165, 1.54) is 0 Å². The molecule has 1 amide bonds. The molecule has 0 radical (unpaired) electrons. The van der Waals surface area contributed by atoms with Crippen molar-refractivity contribution in [2.45, 2.75) is 46.2 Å². The maximum absolute atomic E-state index is 12.6. The highest BCUT2D eigenvalue weighted by Gasteiger charge is 2.28. The van der Waals surface area contributed by atoms with Crippen molar-refractivity contribution in [3.8, 4) is 0 Å². The van der Waals surface area contributed by atoms with E-state index in [-0.39, 0.29) is 11.9 Å². The lowest BCUT2D eigenvalue weighted by Crippen LogP contribution is -2.45. The van der Waals surface area contributed by atoms with Crippen LogP contribution < -0.4 is 5.73 Å². The minimum Gasteiger partial charge on any atom is -0.337 e. The summed E-state index contributed by atoms with van der Waals surface area (Å²) in [7, 11) is 0. The smallest absolute Gasteiger partial charge is 0.272 e. The molecule has 0 aliphatic carbocycles. The van der Waals surface area contributed by atoms with Crippen molar-refractivity contribution < 1.29 is 4.79 Å². The Morgan fingerprint density at radius 1 is 1.63 bits per heavy atom. The monoisotopic (exact) mass is 264 g/mol. The number of nitrogens with zero attached hydrogens (tertiary/aromatic N) is 3. The summed E-state index contributed by atoms with van der Waals surface area (Å²) in [5.41, 5.74) is 7.57. The van der Waals surface area contributed by atoms with Crippen molar-refractivity contribution in [1.82, 2.24) is 14.7 Å². The summed E-state index contributed by atoms with van der Waals surface area (Å²) in [6.45, 7) is 8.27. The van der Waals surface area contributed by atoms with Crippen LogP contribution in [-0.2, 0) is 6.54 Å². The third kappa shape index (κ3) is 2.97. The second-order valence-electron chi connectivity index (χ2n) is 5.50. The average molecular weight is 264 g/mol. The van der Waals surface area contributed by atoms with Crippen molar-refractivity contribution in [3.05, 3.63) is 17.5 Å². The van der Waals surface area contributed by atoms with Crippen LogP contribution in [0.3, 0.4) is 0 Å². The lowest BCUT2D eigenvalue weighted by Gasteiger charge is -2.34. The molecule has 0 bridgehead atoms. The molecule has 1 saturated heterocycles. The molecule has 0 aromatic carbocycles. The number of piperidine rings is 1. The Morgan fingerprint density at radius 2 is 2.37 bits per heavy atom. The molecule has 1 aliphatic rings. The van der Waals surface area contributed by atoms with Crippen molar-refractivity contribution in [3.63, 3.8) is 0 Å². The van der Waals surface area contributed by atoms with Gasteiger partial charge >= 0.3 is 0 Å². The third-order valence-corrected chi connectivity index (χ3v) is 3.91. The zero-order valence-electron chi connectivity index (χ0n) is 12.1. The number of hydrogen-bond acceptors (Lipinski definition) is 3. The zero-order valence-corrected chi connectivity index (χ0v) is 12.1. The van der Waals surface area contributed by atoms with Gasteiger partial charge in [-0.2, -0.15) is 5.10 Å². The van der Waals surface area contributed by atoms with Gasteiger partial charge in [-0.25, -0.2) is 0 Å². The first-order chi connectivity index (χ1) is 9.02. The van der Waals surface area contributed by atoms with Crippen LogP contribution in [0.25, 0.3) is 0 Å². The van der Waals surface area contributed by atoms with E-state index in [0.717, 1.165) is 38.2 Å². The van der Waals surface area contributed by atoms with Crippen LogP contribution in [0.2, 0.25) is 0 Å². The first kappa shape index (κ1) is 14.1. The number of aryl methyl sites for hydroxylation is 2. The fourth-order valence-electron chi connectivity index (χ4n) is 2.74. The van der Waals surface area contributed by atoms with Crippen LogP contribution in [0.15, 0.2) is 6.07 Å². The topological polar surface area (TPSA) is 64.2 Å². The molecule has 5 nitrogen and oxygen atoms in total. The van der Waals surface area contributed by atoms with Crippen LogP contribution in [0, 0.1) is 12.8 Å². The van der Waals surface area contributed by atoms with E-state index >= 15 is 0 Å². The van der Waals surface area contributed by atoms with Gasteiger partial charge in [0, 0.05) is 25.7 Å². The summed E-state index contributed by atoms with van der Waals surface area (Å²) in [5, 5.41) is 4.34. The third-order valence-electron chi connectivity index (χ3n) is 3.91. The highest BCUT2D eigenvalue weighted by atomic mass is 16.2. The highest BCUT2D eigenvalue weighted by molar-refractivity contribution is 5.92. The van der Waals surface area contributed by atoms with E-state index in [2.05, 4.69) is 5.10 Å². The van der Waals surface area contributed by atoms with Crippen LogP contribution in [0.5, 0.6) is 0 Å². The normalized spacial score (nSPS) is 21.5. The lowest BCUT2D eigenvalue weighted by atomic mass is 9.92. The summed E-state index contributed by atoms with van der Waals surface area (Å²) in [4.78, 5) is 14.5. The van der Waals surface area contributed by atoms with Crippen molar-refractivity contribution in [2.24, 2.45) is 11.7 Å². The molecule has 2 atom stereocenters. The van der Waals surface area contributed by atoms with Gasteiger partial charge in [-0.05, 0) is 45.6 Å². The van der Waals surface area contributed by atoms with Gasteiger partial charge in [-0.3, -0.25) is 9.48 Å². The van der Waals surface area contributed by atoms with Crippen LogP contribution >= 0.6 is 0 Å².